The molecule has 0 bridgehead atoms. The monoisotopic (exact) mass is 315 g/mol. The molecule has 0 radical (unpaired) electrons. The summed E-state index contributed by atoms with van der Waals surface area (Å²) in [4.78, 5) is 0. The van der Waals surface area contributed by atoms with E-state index in [1.807, 2.05) is 22.6 Å². The zero-order chi connectivity index (χ0) is 11.0. The molecule has 1 nitrogen and oxygen atoms in total. The highest BCUT2D eigenvalue weighted by Crippen LogP contribution is 2.33. The Morgan fingerprint density at radius 2 is 1.71 bits per heavy atom. The van der Waals surface area contributed by atoms with E-state index in [1.54, 1.807) is 13.0 Å². The summed E-state index contributed by atoms with van der Waals surface area (Å²) in [5.74, 6) is 0. The third-order valence-electron chi connectivity index (χ3n) is 1.75. The van der Waals surface area contributed by atoms with E-state index >= 15 is 0 Å². The van der Waals surface area contributed by atoms with Crippen LogP contribution in [0, 0.1) is 0 Å². The SMILES string of the molecule is C[C@](N)(I)c1cccc(C(F)(F)F)c1. The molecule has 0 saturated carbocycles. The fraction of sp³-hybridized carbons (Fsp3) is 0.333. The zero-order valence-corrected chi connectivity index (χ0v) is 9.56. The summed E-state index contributed by atoms with van der Waals surface area (Å²) in [5, 5.41) is 0. The van der Waals surface area contributed by atoms with Crippen LogP contribution in [0.3, 0.4) is 0 Å². The minimum atomic E-state index is -4.31. The molecule has 0 aliphatic heterocycles. The average molecular weight is 315 g/mol. The van der Waals surface area contributed by atoms with Gasteiger partial charge in [0.25, 0.3) is 0 Å². The van der Waals surface area contributed by atoms with Gasteiger partial charge in [0.05, 0.1) is 9.11 Å². The maximum absolute atomic E-state index is 12.3. The summed E-state index contributed by atoms with van der Waals surface area (Å²) in [6.07, 6.45) is -4.31. The van der Waals surface area contributed by atoms with Gasteiger partial charge in [-0.3, -0.25) is 0 Å². The first kappa shape index (κ1) is 11.8. The highest BCUT2D eigenvalue weighted by Gasteiger charge is 2.31. The molecule has 1 aromatic carbocycles. The Morgan fingerprint density at radius 3 is 2.14 bits per heavy atom. The van der Waals surface area contributed by atoms with Gasteiger partial charge in [0, 0.05) is 0 Å². The largest absolute Gasteiger partial charge is 0.416 e. The Balaban J connectivity index is 3.15. The van der Waals surface area contributed by atoms with E-state index in [0.717, 1.165) is 12.1 Å². The Bertz CT molecular complexity index is 298. The van der Waals surface area contributed by atoms with Gasteiger partial charge in [0.15, 0.2) is 0 Å². The van der Waals surface area contributed by atoms with Crippen LogP contribution in [0.15, 0.2) is 24.3 Å². The molecular weight excluding hydrogens is 306 g/mol. The van der Waals surface area contributed by atoms with Crippen LogP contribution in [0.2, 0.25) is 0 Å². The lowest BCUT2D eigenvalue weighted by Crippen LogP contribution is -2.25. The predicted octanol–water partition coefficient (Wildman–Crippen LogP) is 3.27. The zero-order valence-electron chi connectivity index (χ0n) is 7.40. The number of nitrogens with two attached hydrogens (primary N) is 1. The number of halogens is 4. The molecule has 0 fully saturated rings. The van der Waals surface area contributed by atoms with Crippen molar-refractivity contribution in [3.63, 3.8) is 0 Å². The normalized spacial score (nSPS) is 16.4. The van der Waals surface area contributed by atoms with Crippen molar-refractivity contribution in [2.45, 2.75) is 16.6 Å². The molecule has 5 heteroatoms. The molecule has 1 rings (SSSR count). The van der Waals surface area contributed by atoms with Crippen molar-refractivity contribution in [3.8, 4) is 0 Å². The van der Waals surface area contributed by atoms with Crippen molar-refractivity contribution in [2.75, 3.05) is 0 Å². The van der Waals surface area contributed by atoms with E-state index < -0.39 is 15.3 Å². The second-order valence-corrected chi connectivity index (χ2v) is 5.40. The third kappa shape index (κ3) is 2.84. The second kappa shape index (κ2) is 3.69. The quantitative estimate of drug-likeness (QED) is 0.480. The van der Waals surface area contributed by atoms with Gasteiger partial charge in [0.1, 0.15) is 0 Å². The van der Waals surface area contributed by atoms with Crippen molar-refractivity contribution in [1.82, 2.24) is 0 Å². The van der Waals surface area contributed by atoms with Crippen molar-refractivity contribution < 1.29 is 13.2 Å². The van der Waals surface area contributed by atoms with Crippen molar-refractivity contribution in [2.24, 2.45) is 5.73 Å². The first-order valence-electron chi connectivity index (χ1n) is 3.87. The lowest BCUT2D eigenvalue weighted by Gasteiger charge is -2.18. The molecule has 1 aromatic rings. The number of hydrogen-bond donors (Lipinski definition) is 1. The second-order valence-electron chi connectivity index (χ2n) is 3.15. The predicted molar refractivity (Wildman–Crippen MR) is 57.0 cm³/mol. The Labute approximate surface area is 93.6 Å². The molecule has 0 aromatic heterocycles. The fourth-order valence-electron chi connectivity index (χ4n) is 1.000. The number of hydrogen-bond acceptors (Lipinski definition) is 1. The van der Waals surface area contributed by atoms with Gasteiger partial charge in [-0.25, -0.2) is 0 Å². The molecular formula is C9H9F3IN. The van der Waals surface area contributed by atoms with Crippen LogP contribution >= 0.6 is 22.6 Å². The molecule has 2 N–H and O–H groups in total. The van der Waals surface area contributed by atoms with E-state index in [2.05, 4.69) is 0 Å². The molecule has 0 aliphatic carbocycles. The molecule has 0 amide bonds. The van der Waals surface area contributed by atoms with Gasteiger partial charge in [-0.05, 0) is 24.6 Å². The standard InChI is InChI=1S/C9H9F3IN/c1-8(13,14)6-3-2-4-7(5-6)9(10,11)12/h2-5H,14H2,1H3/t8-/m1/s1. The van der Waals surface area contributed by atoms with Crippen LogP contribution in [0.25, 0.3) is 0 Å². The van der Waals surface area contributed by atoms with Crippen molar-refractivity contribution in [3.05, 3.63) is 35.4 Å². The first-order valence-corrected chi connectivity index (χ1v) is 4.94. The Morgan fingerprint density at radius 1 is 1.21 bits per heavy atom. The van der Waals surface area contributed by atoms with E-state index in [9.17, 15) is 13.2 Å². The topological polar surface area (TPSA) is 26.0 Å². The summed E-state index contributed by atoms with van der Waals surface area (Å²) >= 11 is 1.90. The minimum Gasteiger partial charge on any atom is -0.313 e. The molecule has 14 heavy (non-hydrogen) atoms. The third-order valence-corrected chi connectivity index (χ3v) is 2.38. The summed E-state index contributed by atoms with van der Waals surface area (Å²) in [6.45, 7) is 1.66. The number of rotatable bonds is 1. The fourth-order valence-corrected chi connectivity index (χ4v) is 1.34. The van der Waals surface area contributed by atoms with E-state index in [1.165, 1.54) is 6.07 Å². The average Bonchev–Trinajstić information content (AvgIpc) is 2.01. The highest BCUT2D eigenvalue weighted by atomic mass is 127. The number of benzene rings is 1. The minimum absolute atomic E-state index is 0.466. The molecule has 0 unspecified atom stereocenters. The lowest BCUT2D eigenvalue weighted by atomic mass is 10.1. The van der Waals surface area contributed by atoms with Gasteiger partial charge < -0.3 is 5.73 Å². The van der Waals surface area contributed by atoms with Crippen LogP contribution < -0.4 is 5.73 Å². The highest BCUT2D eigenvalue weighted by molar-refractivity contribution is 14.1. The van der Waals surface area contributed by atoms with Gasteiger partial charge in [0.2, 0.25) is 0 Å². The summed E-state index contributed by atoms with van der Waals surface area (Å²) in [5.41, 5.74) is 5.49. The molecule has 0 spiro atoms. The van der Waals surface area contributed by atoms with E-state index in [0.29, 0.717) is 5.56 Å². The van der Waals surface area contributed by atoms with Crippen LogP contribution in [0.4, 0.5) is 13.2 Å². The van der Waals surface area contributed by atoms with Crippen LogP contribution in [0.1, 0.15) is 18.1 Å². The molecule has 1 atom stereocenters. The molecule has 78 valence electrons. The molecule has 0 saturated heterocycles. The van der Waals surface area contributed by atoms with Crippen molar-refractivity contribution >= 4 is 22.6 Å². The van der Waals surface area contributed by atoms with Gasteiger partial charge in [-0.2, -0.15) is 13.2 Å². The number of alkyl halides is 4. The van der Waals surface area contributed by atoms with Crippen molar-refractivity contribution in [1.29, 1.82) is 0 Å². The van der Waals surface area contributed by atoms with Crippen LogP contribution in [0.5, 0.6) is 0 Å². The summed E-state index contributed by atoms with van der Waals surface area (Å²) in [7, 11) is 0. The van der Waals surface area contributed by atoms with Crippen LogP contribution in [-0.4, -0.2) is 0 Å². The molecule has 0 aliphatic rings. The first-order chi connectivity index (χ1) is 6.21. The van der Waals surface area contributed by atoms with Crippen LogP contribution in [-0.2, 0) is 9.72 Å². The Kier molecular flexibility index (Phi) is 3.10. The molecule has 0 heterocycles. The van der Waals surface area contributed by atoms with Gasteiger partial charge in [-0.15, -0.1) is 0 Å². The van der Waals surface area contributed by atoms with Gasteiger partial charge in [-0.1, -0.05) is 34.7 Å². The van der Waals surface area contributed by atoms with E-state index in [4.69, 9.17) is 5.73 Å². The maximum Gasteiger partial charge on any atom is 0.416 e. The smallest absolute Gasteiger partial charge is 0.313 e. The Hall–Kier alpha value is -0.300. The summed E-state index contributed by atoms with van der Waals surface area (Å²) in [6, 6.07) is 5.06. The van der Waals surface area contributed by atoms with Gasteiger partial charge >= 0.3 is 6.18 Å². The van der Waals surface area contributed by atoms with E-state index in [-0.39, 0.29) is 0 Å². The maximum atomic E-state index is 12.3. The summed E-state index contributed by atoms with van der Waals surface area (Å²) < 4.78 is 36.2. The lowest BCUT2D eigenvalue weighted by molar-refractivity contribution is -0.137.